The van der Waals surface area contributed by atoms with Crippen LogP contribution >= 0.6 is 11.6 Å². The Balaban J connectivity index is 2.19. The number of nitro groups is 1. The zero-order valence-corrected chi connectivity index (χ0v) is 12.3. The van der Waals surface area contributed by atoms with Gasteiger partial charge < -0.3 is 5.32 Å². The van der Waals surface area contributed by atoms with Crippen molar-refractivity contribution in [3.63, 3.8) is 0 Å². The minimum absolute atomic E-state index is 0.0704. The SMILES string of the molecule is Cc1cc(NC(C)c2ccc(F)c(Cl)c2)ccc1[N+](=O)[O-]. The molecule has 6 heteroatoms. The van der Waals surface area contributed by atoms with E-state index in [-0.39, 0.29) is 16.8 Å². The molecule has 0 saturated carbocycles. The van der Waals surface area contributed by atoms with Crippen LogP contribution in [0, 0.1) is 22.9 Å². The van der Waals surface area contributed by atoms with Gasteiger partial charge in [0.05, 0.1) is 9.95 Å². The van der Waals surface area contributed by atoms with E-state index in [0.29, 0.717) is 5.56 Å². The lowest BCUT2D eigenvalue weighted by Crippen LogP contribution is -2.07. The van der Waals surface area contributed by atoms with Crippen molar-refractivity contribution in [2.45, 2.75) is 19.9 Å². The van der Waals surface area contributed by atoms with E-state index in [1.54, 1.807) is 31.2 Å². The summed E-state index contributed by atoms with van der Waals surface area (Å²) in [5, 5.41) is 14.1. The van der Waals surface area contributed by atoms with Crippen LogP contribution in [0.2, 0.25) is 5.02 Å². The largest absolute Gasteiger partial charge is 0.379 e. The van der Waals surface area contributed by atoms with Gasteiger partial charge in [-0.05, 0) is 43.7 Å². The minimum Gasteiger partial charge on any atom is -0.379 e. The van der Waals surface area contributed by atoms with Gasteiger partial charge in [-0.15, -0.1) is 0 Å². The van der Waals surface area contributed by atoms with Crippen molar-refractivity contribution in [3.8, 4) is 0 Å². The lowest BCUT2D eigenvalue weighted by atomic mass is 10.1. The molecule has 21 heavy (non-hydrogen) atoms. The fourth-order valence-corrected chi connectivity index (χ4v) is 2.25. The lowest BCUT2D eigenvalue weighted by molar-refractivity contribution is -0.385. The fraction of sp³-hybridized carbons (Fsp3) is 0.200. The molecule has 0 heterocycles. The molecular formula is C15H14ClFN2O2. The van der Waals surface area contributed by atoms with Crippen LogP contribution in [0.4, 0.5) is 15.8 Å². The average molecular weight is 309 g/mol. The molecule has 110 valence electrons. The van der Waals surface area contributed by atoms with E-state index >= 15 is 0 Å². The summed E-state index contributed by atoms with van der Waals surface area (Å²) in [6.07, 6.45) is 0. The highest BCUT2D eigenvalue weighted by Gasteiger charge is 2.12. The molecule has 0 saturated heterocycles. The number of hydrogen-bond donors (Lipinski definition) is 1. The van der Waals surface area contributed by atoms with Crippen LogP contribution in [0.5, 0.6) is 0 Å². The fourth-order valence-electron chi connectivity index (χ4n) is 2.07. The van der Waals surface area contributed by atoms with Gasteiger partial charge in [-0.25, -0.2) is 4.39 Å². The number of anilines is 1. The Kier molecular flexibility index (Phi) is 4.43. The molecule has 2 aromatic carbocycles. The van der Waals surface area contributed by atoms with Gasteiger partial charge in [-0.2, -0.15) is 0 Å². The van der Waals surface area contributed by atoms with E-state index < -0.39 is 10.7 Å². The highest BCUT2D eigenvalue weighted by molar-refractivity contribution is 6.30. The number of rotatable bonds is 4. The Hall–Kier alpha value is -2.14. The summed E-state index contributed by atoms with van der Waals surface area (Å²) < 4.78 is 13.1. The highest BCUT2D eigenvalue weighted by atomic mass is 35.5. The van der Waals surface area contributed by atoms with Crippen LogP contribution in [0.25, 0.3) is 0 Å². The summed E-state index contributed by atoms with van der Waals surface area (Å²) >= 11 is 5.76. The summed E-state index contributed by atoms with van der Waals surface area (Å²) in [5.41, 5.74) is 2.25. The molecule has 0 fully saturated rings. The predicted molar refractivity (Wildman–Crippen MR) is 81.3 cm³/mol. The standard InChI is InChI=1S/C15H14ClFN2O2/c1-9-7-12(4-6-15(9)19(20)21)18-10(2)11-3-5-14(17)13(16)8-11/h3-8,10,18H,1-2H3. The van der Waals surface area contributed by atoms with Gasteiger partial charge in [0.25, 0.3) is 5.69 Å². The van der Waals surface area contributed by atoms with E-state index in [1.807, 2.05) is 6.92 Å². The second-order valence-electron chi connectivity index (χ2n) is 4.80. The Morgan fingerprint density at radius 1 is 1.29 bits per heavy atom. The first-order chi connectivity index (χ1) is 9.88. The Morgan fingerprint density at radius 2 is 2.00 bits per heavy atom. The van der Waals surface area contributed by atoms with Gasteiger partial charge in [0.15, 0.2) is 0 Å². The van der Waals surface area contributed by atoms with Gasteiger partial charge in [0.2, 0.25) is 0 Å². The zero-order valence-electron chi connectivity index (χ0n) is 11.6. The summed E-state index contributed by atoms with van der Waals surface area (Å²) in [6, 6.07) is 9.24. The van der Waals surface area contributed by atoms with Crippen molar-refractivity contribution < 1.29 is 9.31 Å². The van der Waals surface area contributed by atoms with Crippen LogP contribution in [0.3, 0.4) is 0 Å². The molecular weight excluding hydrogens is 295 g/mol. The van der Waals surface area contributed by atoms with Crippen molar-refractivity contribution >= 4 is 23.0 Å². The molecule has 0 aliphatic heterocycles. The molecule has 0 bridgehead atoms. The molecule has 0 aliphatic rings. The summed E-state index contributed by atoms with van der Waals surface area (Å²) in [7, 11) is 0. The topological polar surface area (TPSA) is 55.2 Å². The molecule has 2 aromatic rings. The molecule has 0 radical (unpaired) electrons. The van der Waals surface area contributed by atoms with Crippen molar-refractivity contribution in [3.05, 3.63) is 68.5 Å². The van der Waals surface area contributed by atoms with Crippen molar-refractivity contribution in [1.29, 1.82) is 0 Å². The molecule has 0 aliphatic carbocycles. The lowest BCUT2D eigenvalue weighted by Gasteiger charge is -2.16. The average Bonchev–Trinajstić information content (AvgIpc) is 2.41. The van der Waals surface area contributed by atoms with Crippen molar-refractivity contribution in [1.82, 2.24) is 0 Å². The molecule has 0 spiro atoms. The maximum atomic E-state index is 13.1. The number of nitrogens with zero attached hydrogens (tertiary/aromatic N) is 1. The molecule has 1 unspecified atom stereocenters. The van der Waals surface area contributed by atoms with E-state index in [1.165, 1.54) is 12.1 Å². The Bertz CT molecular complexity index is 691. The van der Waals surface area contributed by atoms with Crippen molar-refractivity contribution in [2.24, 2.45) is 0 Å². The first-order valence-electron chi connectivity index (χ1n) is 6.35. The van der Waals surface area contributed by atoms with E-state index in [9.17, 15) is 14.5 Å². The minimum atomic E-state index is -0.459. The second kappa shape index (κ2) is 6.10. The quantitative estimate of drug-likeness (QED) is 0.647. The maximum Gasteiger partial charge on any atom is 0.272 e. The van der Waals surface area contributed by atoms with Gasteiger partial charge in [0.1, 0.15) is 5.82 Å². The van der Waals surface area contributed by atoms with E-state index in [0.717, 1.165) is 11.3 Å². The third kappa shape index (κ3) is 3.49. The third-order valence-corrected chi connectivity index (χ3v) is 3.51. The number of aryl methyl sites for hydroxylation is 1. The number of benzene rings is 2. The molecule has 4 nitrogen and oxygen atoms in total. The summed E-state index contributed by atoms with van der Waals surface area (Å²) in [6.45, 7) is 3.59. The van der Waals surface area contributed by atoms with E-state index in [4.69, 9.17) is 11.6 Å². The normalized spacial score (nSPS) is 12.0. The van der Waals surface area contributed by atoms with Crippen LogP contribution < -0.4 is 5.32 Å². The monoisotopic (exact) mass is 308 g/mol. The van der Waals surface area contributed by atoms with Gasteiger partial charge >= 0.3 is 0 Å². The number of nitro benzene ring substituents is 1. The molecule has 1 N–H and O–H groups in total. The first kappa shape index (κ1) is 15.3. The van der Waals surface area contributed by atoms with Crippen LogP contribution in [-0.2, 0) is 0 Å². The maximum absolute atomic E-state index is 13.1. The second-order valence-corrected chi connectivity index (χ2v) is 5.21. The zero-order chi connectivity index (χ0) is 15.6. The van der Waals surface area contributed by atoms with Crippen LogP contribution in [0.1, 0.15) is 24.1 Å². The van der Waals surface area contributed by atoms with Gasteiger partial charge in [0, 0.05) is 23.4 Å². The molecule has 2 rings (SSSR count). The highest BCUT2D eigenvalue weighted by Crippen LogP contribution is 2.26. The molecule has 0 aromatic heterocycles. The van der Waals surface area contributed by atoms with Gasteiger partial charge in [-0.3, -0.25) is 10.1 Å². The Morgan fingerprint density at radius 3 is 2.57 bits per heavy atom. The van der Waals surface area contributed by atoms with E-state index in [2.05, 4.69) is 5.32 Å². The third-order valence-electron chi connectivity index (χ3n) is 3.22. The van der Waals surface area contributed by atoms with Crippen LogP contribution in [0.15, 0.2) is 36.4 Å². The Labute approximate surface area is 126 Å². The molecule has 1 atom stereocenters. The first-order valence-corrected chi connectivity index (χ1v) is 6.73. The van der Waals surface area contributed by atoms with Crippen LogP contribution in [-0.4, -0.2) is 4.92 Å². The number of hydrogen-bond acceptors (Lipinski definition) is 3. The molecule has 0 amide bonds. The predicted octanol–water partition coefficient (Wildman–Crippen LogP) is 4.87. The van der Waals surface area contributed by atoms with Gasteiger partial charge in [-0.1, -0.05) is 17.7 Å². The summed E-state index contributed by atoms with van der Waals surface area (Å²) in [4.78, 5) is 10.4. The number of halogens is 2. The summed E-state index contributed by atoms with van der Waals surface area (Å²) in [5.74, 6) is -0.459. The van der Waals surface area contributed by atoms with Crippen molar-refractivity contribution in [2.75, 3.05) is 5.32 Å². The number of nitrogens with one attached hydrogen (secondary N) is 1. The smallest absolute Gasteiger partial charge is 0.272 e.